The van der Waals surface area contributed by atoms with Gasteiger partial charge < -0.3 is 8.98 Å². The molecule has 0 atom stereocenters. The fourth-order valence-corrected chi connectivity index (χ4v) is 3.77. The molecule has 4 rings (SSSR count). The normalized spacial score (nSPS) is 11.2. The van der Waals surface area contributed by atoms with Gasteiger partial charge in [0, 0.05) is 25.1 Å². The number of halogens is 1. The second-order valence-corrected chi connectivity index (χ2v) is 7.18. The highest BCUT2D eigenvalue weighted by Crippen LogP contribution is 2.24. The van der Waals surface area contributed by atoms with Crippen LogP contribution in [0.1, 0.15) is 34.4 Å². The van der Waals surface area contributed by atoms with Gasteiger partial charge in [-0.05, 0) is 24.1 Å². The molecule has 0 aliphatic carbocycles. The van der Waals surface area contributed by atoms with Crippen LogP contribution in [0.25, 0.3) is 11.1 Å². The van der Waals surface area contributed by atoms with Gasteiger partial charge in [-0.1, -0.05) is 30.4 Å². The maximum absolute atomic E-state index is 13.5. The number of rotatable bonds is 6. The molecule has 3 aromatic heterocycles. The molecule has 0 spiro atoms. The minimum Gasteiger partial charge on any atom is -0.463 e. The van der Waals surface area contributed by atoms with E-state index in [4.69, 9.17) is 4.42 Å². The summed E-state index contributed by atoms with van der Waals surface area (Å²) in [5, 5.41) is 12.2. The molecule has 0 unspecified atom stereocenters. The molecular formula is C19H17FN4O2S. The van der Waals surface area contributed by atoms with Gasteiger partial charge in [-0.2, -0.15) is 0 Å². The molecule has 0 bridgehead atoms. The summed E-state index contributed by atoms with van der Waals surface area (Å²) in [6, 6.07) is 9.78. The number of nitrogens with one attached hydrogen (secondary N) is 1. The molecule has 0 aliphatic rings. The fraction of sp³-hybridized carbons (Fsp3) is 0.211. The molecule has 0 aliphatic heterocycles. The van der Waals surface area contributed by atoms with Crippen molar-refractivity contribution in [3.05, 3.63) is 64.7 Å². The molecule has 138 valence electrons. The lowest BCUT2D eigenvalue weighted by molar-refractivity contribution is 0.101. The SMILES string of the molecule is CCCc1nnc(NC(=O)c2cc3occc3n2Cc2cccc(F)c2)s1. The molecule has 27 heavy (non-hydrogen) atoms. The zero-order valence-corrected chi connectivity index (χ0v) is 15.4. The molecule has 1 amide bonds. The summed E-state index contributed by atoms with van der Waals surface area (Å²) in [7, 11) is 0. The highest BCUT2D eigenvalue weighted by Gasteiger charge is 2.19. The highest BCUT2D eigenvalue weighted by molar-refractivity contribution is 7.15. The number of aromatic nitrogens is 3. The summed E-state index contributed by atoms with van der Waals surface area (Å²) in [6.45, 7) is 2.41. The molecule has 0 radical (unpaired) electrons. The van der Waals surface area contributed by atoms with Crippen LogP contribution in [0, 0.1) is 5.82 Å². The Labute approximate surface area is 158 Å². The number of hydrogen-bond acceptors (Lipinski definition) is 5. The molecule has 0 saturated heterocycles. The third kappa shape index (κ3) is 3.61. The molecule has 1 N–H and O–H groups in total. The predicted octanol–water partition coefficient (Wildman–Crippen LogP) is 4.48. The van der Waals surface area contributed by atoms with Crippen LogP contribution in [0.5, 0.6) is 0 Å². The molecule has 0 fully saturated rings. The van der Waals surface area contributed by atoms with Crippen molar-refractivity contribution in [2.45, 2.75) is 26.3 Å². The van der Waals surface area contributed by atoms with Crippen LogP contribution in [0.3, 0.4) is 0 Å². The Balaban J connectivity index is 1.64. The number of amides is 1. The topological polar surface area (TPSA) is 73.0 Å². The van der Waals surface area contributed by atoms with Gasteiger partial charge in [-0.3, -0.25) is 10.1 Å². The summed E-state index contributed by atoms with van der Waals surface area (Å²) in [6.07, 6.45) is 3.36. The van der Waals surface area contributed by atoms with Crippen molar-refractivity contribution < 1.29 is 13.6 Å². The Hall–Kier alpha value is -3.00. The average Bonchev–Trinajstić information content (AvgIpc) is 3.33. The van der Waals surface area contributed by atoms with Gasteiger partial charge in [0.1, 0.15) is 16.5 Å². The number of carbonyl (C=O) groups excluding carboxylic acids is 1. The van der Waals surface area contributed by atoms with E-state index in [9.17, 15) is 9.18 Å². The first kappa shape index (κ1) is 17.4. The molecule has 8 heteroatoms. The number of carbonyl (C=O) groups is 1. The standard InChI is InChI=1S/C19H17FN4O2S/c1-2-4-17-22-23-19(27-17)21-18(25)15-10-16-14(7-8-26-16)24(15)11-12-5-3-6-13(20)9-12/h3,5-10H,2,4,11H2,1H3,(H,21,23,25). The number of fused-ring (bicyclic) bond motifs is 1. The Morgan fingerprint density at radius 2 is 2.19 bits per heavy atom. The Morgan fingerprint density at radius 3 is 3.00 bits per heavy atom. The molecule has 6 nitrogen and oxygen atoms in total. The highest BCUT2D eigenvalue weighted by atomic mass is 32.1. The lowest BCUT2D eigenvalue weighted by Crippen LogP contribution is -2.17. The first-order chi connectivity index (χ1) is 13.1. The maximum atomic E-state index is 13.5. The van der Waals surface area contributed by atoms with Crippen molar-refractivity contribution in [2.24, 2.45) is 0 Å². The van der Waals surface area contributed by atoms with Crippen LogP contribution >= 0.6 is 11.3 Å². The predicted molar refractivity (Wildman–Crippen MR) is 102 cm³/mol. The second kappa shape index (κ2) is 7.32. The van der Waals surface area contributed by atoms with E-state index in [1.54, 1.807) is 29.0 Å². The van der Waals surface area contributed by atoms with Crippen LogP contribution in [0.15, 0.2) is 47.1 Å². The number of furan rings is 1. The van der Waals surface area contributed by atoms with Crippen LogP contribution in [0.4, 0.5) is 9.52 Å². The zero-order valence-electron chi connectivity index (χ0n) is 14.6. The lowest BCUT2D eigenvalue weighted by atomic mass is 10.2. The van der Waals surface area contributed by atoms with Crippen molar-refractivity contribution in [2.75, 3.05) is 5.32 Å². The minimum atomic E-state index is -0.314. The van der Waals surface area contributed by atoms with E-state index in [1.807, 2.05) is 6.07 Å². The molecule has 4 aromatic rings. The smallest absolute Gasteiger partial charge is 0.274 e. The molecule has 1 aromatic carbocycles. The van der Waals surface area contributed by atoms with E-state index in [-0.39, 0.29) is 11.7 Å². The summed E-state index contributed by atoms with van der Waals surface area (Å²) in [5.74, 6) is -0.622. The Kier molecular flexibility index (Phi) is 4.72. The number of anilines is 1. The molecular weight excluding hydrogens is 367 g/mol. The van der Waals surface area contributed by atoms with Crippen LogP contribution in [-0.2, 0) is 13.0 Å². The third-order valence-corrected chi connectivity index (χ3v) is 5.03. The third-order valence-electron chi connectivity index (χ3n) is 4.14. The minimum absolute atomic E-state index is 0.308. The van der Waals surface area contributed by atoms with Crippen molar-refractivity contribution in [3.8, 4) is 0 Å². The van der Waals surface area contributed by atoms with Crippen LogP contribution in [0.2, 0.25) is 0 Å². The fourth-order valence-electron chi connectivity index (χ4n) is 2.93. The van der Waals surface area contributed by atoms with Crippen molar-refractivity contribution in [3.63, 3.8) is 0 Å². The van der Waals surface area contributed by atoms with E-state index in [0.29, 0.717) is 23.0 Å². The van der Waals surface area contributed by atoms with E-state index >= 15 is 0 Å². The van der Waals surface area contributed by atoms with Crippen LogP contribution in [-0.4, -0.2) is 20.7 Å². The van der Waals surface area contributed by atoms with Crippen molar-refractivity contribution in [1.82, 2.24) is 14.8 Å². The monoisotopic (exact) mass is 384 g/mol. The number of nitrogens with zero attached hydrogens (tertiary/aromatic N) is 3. The first-order valence-electron chi connectivity index (χ1n) is 8.59. The van der Waals surface area contributed by atoms with Gasteiger partial charge in [-0.25, -0.2) is 4.39 Å². The second-order valence-electron chi connectivity index (χ2n) is 6.12. The van der Waals surface area contributed by atoms with E-state index in [2.05, 4.69) is 22.4 Å². The lowest BCUT2D eigenvalue weighted by Gasteiger charge is -2.09. The Morgan fingerprint density at radius 1 is 1.30 bits per heavy atom. The summed E-state index contributed by atoms with van der Waals surface area (Å²) >= 11 is 1.36. The average molecular weight is 384 g/mol. The van der Waals surface area contributed by atoms with Gasteiger partial charge >= 0.3 is 0 Å². The van der Waals surface area contributed by atoms with Gasteiger partial charge in [0.25, 0.3) is 5.91 Å². The summed E-state index contributed by atoms with van der Waals surface area (Å²) in [4.78, 5) is 12.8. The zero-order chi connectivity index (χ0) is 18.8. The van der Waals surface area contributed by atoms with Crippen molar-refractivity contribution in [1.29, 1.82) is 0 Å². The first-order valence-corrected chi connectivity index (χ1v) is 9.40. The Bertz CT molecular complexity index is 1100. The molecule has 3 heterocycles. The van der Waals surface area contributed by atoms with Crippen LogP contribution < -0.4 is 5.32 Å². The maximum Gasteiger partial charge on any atom is 0.274 e. The van der Waals surface area contributed by atoms with Gasteiger partial charge in [0.05, 0.1) is 11.8 Å². The van der Waals surface area contributed by atoms with E-state index in [1.165, 1.54) is 23.5 Å². The van der Waals surface area contributed by atoms with Gasteiger partial charge in [0.15, 0.2) is 5.58 Å². The van der Waals surface area contributed by atoms with Gasteiger partial charge in [-0.15, -0.1) is 10.2 Å². The quantitative estimate of drug-likeness (QED) is 0.532. The largest absolute Gasteiger partial charge is 0.463 e. The number of benzene rings is 1. The molecule has 0 saturated carbocycles. The van der Waals surface area contributed by atoms with E-state index < -0.39 is 0 Å². The number of hydrogen-bond donors (Lipinski definition) is 1. The summed E-state index contributed by atoms with van der Waals surface area (Å²) in [5.41, 5.74) is 2.54. The summed E-state index contributed by atoms with van der Waals surface area (Å²) < 4.78 is 20.8. The van der Waals surface area contributed by atoms with Gasteiger partial charge in [0.2, 0.25) is 5.13 Å². The van der Waals surface area contributed by atoms with E-state index in [0.717, 1.165) is 28.9 Å². The number of aryl methyl sites for hydroxylation is 1. The van der Waals surface area contributed by atoms with Crippen molar-refractivity contribution >= 4 is 33.5 Å².